The summed E-state index contributed by atoms with van der Waals surface area (Å²) < 4.78 is 5.21. The maximum Gasteiger partial charge on any atom is 0.229 e. The van der Waals surface area contributed by atoms with Crippen molar-refractivity contribution in [1.29, 1.82) is 0 Å². The number of ketones is 1. The largest absolute Gasteiger partial charge is 0.497 e. The molecule has 138 valence electrons. The van der Waals surface area contributed by atoms with Crippen molar-refractivity contribution in [2.75, 3.05) is 19.0 Å². The molecular weight excluding hydrogens is 332 g/mol. The zero-order valence-corrected chi connectivity index (χ0v) is 15.2. The fourth-order valence-corrected chi connectivity index (χ4v) is 4.93. The quantitative estimate of drug-likeness (QED) is 0.883. The third kappa shape index (κ3) is 2.59. The fourth-order valence-electron chi connectivity index (χ4n) is 4.93. The number of nitrogens with one attached hydrogen (secondary N) is 1. The number of fused-ring (bicyclic) bond motifs is 2. The van der Waals surface area contributed by atoms with E-state index in [9.17, 15) is 14.4 Å². The minimum atomic E-state index is -0.209. The van der Waals surface area contributed by atoms with E-state index in [1.165, 1.54) is 0 Å². The van der Waals surface area contributed by atoms with Crippen molar-refractivity contribution < 1.29 is 19.1 Å². The highest BCUT2D eigenvalue weighted by Crippen LogP contribution is 2.45. The van der Waals surface area contributed by atoms with Crippen molar-refractivity contribution in [1.82, 2.24) is 4.90 Å². The van der Waals surface area contributed by atoms with E-state index >= 15 is 0 Å². The van der Waals surface area contributed by atoms with Crippen LogP contribution in [0.2, 0.25) is 0 Å². The summed E-state index contributed by atoms with van der Waals surface area (Å²) in [6.07, 6.45) is 2.67. The number of benzene rings is 1. The molecule has 1 aromatic rings. The van der Waals surface area contributed by atoms with Crippen LogP contribution >= 0.6 is 0 Å². The van der Waals surface area contributed by atoms with Gasteiger partial charge in [0.25, 0.3) is 0 Å². The molecule has 26 heavy (non-hydrogen) atoms. The topological polar surface area (TPSA) is 75.7 Å². The Balaban J connectivity index is 1.75. The normalized spacial score (nSPS) is 30.7. The molecule has 6 heteroatoms. The predicted octanol–water partition coefficient (Wildman–Crippen LogP) is 2.48. The molecule has 1 aromatic carbocycles. The third-order valence-corrected chi connectivity index (χ3v) is 6.24. The second-order valence-electron chi connectivity index (χ2n) is 7.54. The minimum Gasteiger partial charge on any atom is -0.497 e. The number of hydrogen-bond acceptors (Lipinski definition) is 4. The van der Waals surface area contributed by atoms with Crippen molar-refractivity contribution in [2.24, 2.45) is 17.8 Å². The maximum atomic E-state index is 13.0. The van der Waals surface area contributed by atoms with Crippen LogP contribution in [-0.2, 0) is 9.59 Å². The van der Waals surface area contributed by atoms with E-state index in [4.69, 9.17) is 4.74 Å². The Morgan fingerprint density at radius 2 is 2.04 bits per heavy atom. The third-order valence-electron chi connectivity index (χ3n) is 6.24. The summed E-state index contributed by atoms with van der Waals surface area (Å²) in [6.45, 7) is 2.50. The highest BCUT2D eigenvalue weighted by atomic mass is 16.5. The average Bonchev–Trinajstić information content (AvgIpc) is 2.66. The summed E-state index contributed by atoms with van der Waals surface area (Å²) in [5.41, 5.74) is 0.985. The molecule has 0 aromatic heterocycles. The van der Waals surface area contributed by atoms with Crippen LogP contribution in [0.25, 0.3) is 0 Å². The van der Waals surface area contributed by atoms with Gasteiger partial charge in [-0.2, -0.15) is 0 Å². The Kier molecular flexibility index (Phi) is 4.21. The number of ether oxygens (including phenoxy) is 1. The molecule has 2 amide bonds. The monoisotopic (exact) mass is 356 g/mol. The number of methoxy groups -OCH3 is 1. The number of Topliss-reactive ketones (excluding diaryl/α,β-unsaturated/α-hetero) is 1. The number of piperidine rings is 2. The molecule has 5 rings (SSSR count). The predicted molar refractivity (Wildman–Crippen MR) is 96.1 cm³/mol. The Morgan fingerprint density at radius 1 is 1.23 bits per heavy atom. The summed E-state index contributed by atoms with van der Waals surface area (Å²) in [5, 5.41) is 2.96. The summed E-state index contributed by atoms with van der Waals surface area (Å²) in [7, 11) is 1.54. The number of rotatable bonds is 2. The summed E-state index contributed by atoms with van der Waals surface area (Å²) in [6, 6.07) is 5.04. The number of hydrogen-bond donors (Lipinski definition) is 1. The van der Waals surface area contributed by atoms with Crippen molar-refractivity contribution >= 4 is 23.3 Å². The van der Waals surface area contributed by atoms with Crippen molar-refractivity contribution in [3.8, 4) is 5.75 Å². The van der Waals surface area contributed by atoms with E-state index in [1.807, 2.05) is 4.90 Å². The number of carbonyl (C=O) groups excluding carboxylic acids is 3. The van der Waals surface area contributed by atoms with E-state index in [0.29, 0.717) is 35.9 Å². The number of nitrogens with zero attached hydrogens (tertiary/aromatic N) is 1. The van der Waals surface area contributed by atoms with Crippen molar-refractivity contribution in [2.45, 2.75) is 38.6 Å². The van der Waals surface area contributed by atoms with E-state index in [-0.39, 0.29) is 41.9 Å². The van der Waals surface area contributed by atoms with Gasteiger partial charge in [0.05, 0.1) is 18.7 Å². The smallest absolute Gasteiger partial charge is 0.229 e. The van der Waals surface area contributed by atoms with Crippen LogP contribution in [0.3, 0.4) is 0 Å². The first-order valence-electron chi connectivity index (χ1n) is 9.36. The molecule has 0 unspecified atom stereocenters. The molecule has 3 fully saturated rings. The molecule has 0 spiro atoms. The molecule has 4 aliphatic rings. The van der Waals surface area contributed by atoms with E-state index < -0.39 is 0 Å². The SMILES string of the molecule is CC[C@@H]1C[C@H]2C[C@@H]3C(=O)Nc4ccc(OC)cc4C(=O)CCN(C2=O)[C@H]13. The van der Waals surface area contributed by atoms with Crippen LogP contribution in [-0.4, -0.2) is 42.2 Å². The number of amides is 2. The molecule has 4 bridgehead atoms. The molecule has 1 saturated carbocycles. The standard InChI is InChI=1S/C20H24N2O4/c1-3-11-8-12-9-15-18(11)22(20(12)25)7-6-17(23)14-10-13(26-2)4-5-16(14)21-19(15)24/h4-5,10-12,15,18H,3,6-9H2,1-2H3,(H,21,24)/t11-,12+,15+,18-/m1/s1. The fraction of sp³-hybridized carbons (Fsp3) is 0.550. The Labute approximate surface area is 152 Å². The summed E-state index contributed by atoms with van der Waals surface area (Å²) in [4.78, 5) is 40.4. The zero-order chi connectivity index (χ0) is 18.4. The van der Waals surface area contributed by atoms with E-state index in [2.05, 4.69) is 12.2 Å². The highest BCUT2D eigenvalue weighted by Gasteiger charge is 2.53. The van der Waals surface area contributed by atoms with Crippen molar-refractivity contribution in [3.05, 3.63) is 23.8 Å². The van der Waals surface area contributed by atoms with Crippen molar-refractivity contribution in [3.63, 3.8) is 0 Å². The lowest BCUT2D eigenvalue weighted by Crippen LogP contribution is -2.63. The molecule has 4 atom stereocenters. The van der Waals surface area contributed by atoms with Crippen LogP contribution in [0.5, 0.6) is 5.75 Å². The molecule has 1 N–H and O–H groups in total. The number of anilines is 1. The highest BCUT2D eigenvalue weighted by molar-refractivity contribution is 6.06. The second-order valence-corrected chi connectivity index (χ2v) is 7.54. The van der Waals surface area contributed by atoms with Gasteiger partial charge in [0, 0.05) is 30.5 Å². The Bertz CT molecular complexity index is 775. The molecule has 0 radical (unpaired) electrons. The van der Waals surface area contributed by atoms with E-state index in [0.717, 1.165) is 12.8 Å². The van der Waals surface area contributed by atoms with Gasteiger partial charge in [-0.3, -0.25) is 14.4 Å². The van der Waals surface area contributed by atoms with E-state index in [1.54, 1.807) is 25.3 Å². The second kappa shape index (κ2) is 6.41. The lowest BCUT2D eigenvalue weighted by molar-refractivity contribution is -0.159. The molecular formula is C20H24N2O4. The van der Waals surface area contributed by atoms with Gasteiger partial charge in [-0.15, -0.1) is 0 Å². The van der Waals surface area contributed by atoms with Gasteiger partial charge in [0.2, 0.25) is 11.8 Å². The zero-order valence-electron chi connectivity index (χ0n) is 15.2. The summed E-state index contributed by atoms with van der Waals surface area (Å²) >= 11 is 0. The van der Waals surface area contributed by atoms with Crippen LogP contribution in [0.1, 0.15) is 43.0 Å². The van der Waals surface area contributed by atoms with Gasteiger partial charge >= 0.3 is 0 Å². The van der Waals surface area contributed by atoms with Gasteiger partial charge in [-0.1, -0.05) is 13.3 Å². The lowest BCUT2D eigenvalue weighted by Gasteiger charge is -2.53. The summed E-state index contributed by atoms with van der Waals surface area (Å²) in [5.74, 6) is 0.543. The van der Waals surface area contributed by atoms with Gasteiger partial charge in [0.15, 0.2) is 5.78 Å². The Morgan fingerprint density at radius 3 is 2.77 bits per heavy atom. The first-order chi connectivity index (χ1) is 12.5. The maximum absolute atomic E-state index is 13.0. The average molecular weight is 356 g/mol. The minimum absolute atomic E-state index is 0.0834. The van der Waals surface area contributed by atoms with Gasteiger partial charge in [-0.25, -0.2) is 0 Å². The van der Waals surface area contributed by atoms with Gasteiger partial charge in [-0.05, 0) is 37.0 Å². The molecule has 3 aliphatic heterocycles. The Hall–Kier alpha value is -2.37. The molecule has 1 aliphatic carbocycles. The number of carbonyl (C=O) groups is 3. The molecule has 2 saturated heterocycles. The molecule has 6 nitrogen and oxygen atoms in total. The lowest BCUT2D eigenvalue weighted by atomic mass is 9.65. The van der Waals surface area contributed by atoms with Gasteiger partial charge < -0.3 is 15.0 Å². The van der Waals surface area contributed by atoms with Crippen LogP contribution < -0.4 is 10.1 Å². The van der Waals surface area contributed by atoms with Crippen LogP contribution in [0.15, 0.2) is 18.2 Å². The molecule has 3 heterocycles. The van der Waals surface area contributed by atoms with Crippen LogP contribution in [0, 0.1) is 17.8 Å². The first-order valence-corrected chi connectivity index (χ1v) is 9.36. The first kappa shape index (κ1) is 17.1. The van der Waals surface area contributed by atoms with Gasteiger partial charge in [0.1, 0.15) is 5.75 Å². The van der Waals surface area contributed by atoms with Crippen LogP contribution in [0.4, 0.5) is 5.69 Å².